The van der Waals surface area contributed by atoms with Gasteiger partial charge in [-0.05, 0) is 48.0 Å². The van der Waals surface area contributed by atoms with Crippen molar-refractivity contribution in [3.05, 3.63) is 76.2 Å². The Balaban J connectivity index is 1.55. The van der Waals surface area contributed by atoms with Crippen molar-refractivity contribution in [1.29, 1.82) is 0 Å². The van der Waals surface area contributed by atoms with Gasteiger partial charge in [0.15, 0.2) is 17.3 Å². The normalized spacial score (nSPS) is 10.7. The first-order chi connectivity index (χ1) is 14.4. The molecule has 0 radical (unpaired) electrons. The molecule has 6 nitrogen and oxygen atoms in total. The Morgan fingerprint density at radius 3 is 2.70 bits per heavy atom. The number of hydrogen-bond acceptors (Lipinski definition) is 5. The molecule has 0 spiro atoms. The Morgan fingerprint density at radius 1 is 1.13 bits per heavy atom. The van der Waals surface area contributed by atoms with Gasteiger partial charge in [0.05, 0.1) is 7.11 Å². The molecule has 3 rings (SSSR count). The Kier molecular flexibility index (Phi) is 7.29. The van der Waals surface area contributed by atoms with Gasteiger partial charge < -0.3 is 23.9 Å². The van der Waals surface area contributed by atoms with Crippen LogP contribution in [0.2, 0.25) is 0 Å². The van der Waals surface area contributed by atoms with Crippen molar-refractivity contribution in [2.45, 2.75) is 19.8 Å². The summed E-state index contributed by atoms with van der Waals surface area (Å²) in [6.07, 6.45) is 0. The first-order valence-electron chi connectivity index (χ1n) is 8.81. The van der Waals surface area contributed by atoms with Crippen LogP contribution in [0.3, 0.4) is 0 Å². The molecule has 0 aliphatic rings. The predicted octanol–water partition coefficient (Wildman–Crippen LogP) is 5.16. The fourth-order valence-corrected chi connectivity index (χ4v) is 2.95. The molecule has 9 heteroatoms. The maximum Gasteiger partial charge on any atom is 0.387 e. The Hall–Kier alpha value is -3.07. The van der Waals surface area contributed by atoms with E-state index in [1.807, 2.05) is 24.3 Å². The van der Waals surface area contributed by atoms with Gasteiger partial charge in [0.2, 0.25) is 0 Å². The van der Waals surface area contributed by atoms with Gasteiger partial charge in [0, 0.05) is 11.0 Å². The van der Waals surface area contributed by atoms with Crippen LogP contribution in [-0.2, 0) is 13.2 Å². The van der Waals surface area contributed by atoms with Crippen LogP contribution in [-0.4, -0.2) is 19.6 Å². The van der Waals surface area contributed by atoms with Crippen LogP contribution >= 0.6 is 15.9 Å². The van der Waals surface area contributed by atoms with Crippen LogP contribution in [0.1, 0.15) is 21.9 Å². The third-order valence-corrected chi connectivity index (χ3v) is 4.45. The fourth-order valence-electron chi connectivity index (χ4n) is 2.57. The summed E-state index contributed by atoms with van der Waals surface area (Å²) in [7, 11) is 1.34. The second-order valence-corrected chi connectivity index (χ2v) is 6.97. The summed E-state index contributed by atoms with van der Waals surface area (Å²) in [6.45, 7) is -2.63. The molecule has 1 N–H and O–H groups in total. The molecule has 30 heavy (non-hydrogen) atoms. The molecular formula is C21H18BrF2NO5. The van der Waals surface area contributed by atoms with Crippen LogP contribution in [0.25, 0.3) is 0 Å². The number of benzene rings is 2. The van der Waals surface area contributed by atoms with Gasteiger partial charge in [-0.2, -0.15) is 8.78 Å². The number of furan rings is 1. The van der Waals surface area contributed by atoms with E-state index in [0.29, 0.717) is 17.1 Å². The molecule has 158 valence electrons. The van der Waals surface area contributed by atoms with Crippen LogP contribution in [0, 0.1) is 0 Å². The van der Waals surface area contributed by atoms with Gasteiger partial charge in [-0.3, -0.25) is 4.79 Å². The minimum Gasteiger partial charge on any atom is -0.493 e. The molecule has 0 fully saturated rings. The van der Waals surface area contributed by atoms with Crippen molar-refractivity contribution < 1.29 is 32.2 Å². The second-order valence-electron chi connectivity index (χ2n) is 6.06. The van der Waals surface area contributed by atoms with Crippen LogP contribution in [0.4, 0.5) is 8.78 Å². The standard InChI is InChI=1S/C21H18BrF2NO5/c1-27-19-9-13(5-7-17(19)30-21(23)24)11-25-20(26)18-8-6-16(29-18)12-28-15-4-2-3-14(22)10-15/h2-10,21H,11-12H2,1H3,(H,25,26). The van der Waals surface area contributed by atoms with E-state index < -0.39 is 12.5 Å². The summed E-state index contributed by atoms with van der Waals surface area (Å²) in [5.41, 5.74) is 0.645. The number of amides is 1. The van der Waals surface area contributed by atoms with Gasteiger partial charge in [0.1, 0.15) is 18.1 Å². The Morgan fingerprint density at radius 2 is 1.97 bits per heavy atom. The number of alkyl halides is 2. The highest BCUT2D eigenvalue weighted by Crippen LogP contribution is 2.29. The number of carbonyl (C=O) groups is 1. The highest BCUT2D eigenvalue weighted by Gasteiger charge is 2.14. The highest BCUT2D eigenvalue weighted by atomic mass is 79.9. The summed E-state index contributed by atoms with van der Waals surface area (Å²) in [5, 5.41) is 2.70. The van der Waals surface area contributed by atoms with Crippen LogP contribution in [0.15, 0.2) is 63.5 Å². The van der Waals surface area contributed by atoms with Gasteiger partial charge in [0.25, 0.3) is 5.91 Å². The zero-order chi connectivity index (χ0) is 21.5. The van der Waals surface area contributed by atoms with Crippen molar-refractivity contribution in [3.8, 4) is 17.2 Å². The van der Waals surface area contributed by atoms with Crippen molar-refractivity contribution in [2.75, 3.05) is 7.11 Å². The monoisotopic (exact) mass is 481 g/mol. The van der Waals surface area contributed by atoms with Gasteiger partial charge in [-0.1, -0.05) is 28.1 Å². The van der Waals surface area contributed by atoms with Gasteiger partial charge in [-0.25, -0.2) is 0 Å². The Bertz CT molecular complexity index is 1010. The third kappa shape index (κ3) is 5.96. The number of halogens is 3. The number of hydrogen-bond donors (Lipinski definition) is 1. The van der Waals surface area contributed by atoms with Crippen molar-refractivity contribution >= 4 is 21.8 Å². The largest absolute Gasteiger partial charge is 0.493 e. The molecule has 1 aromatic heterocycles. The third-order valence-electron chi connectivity index (χ3n) is 3.96. The van der Waals surface area contributed by atoms with E-state index in [1.54, 1.807) is 18.2 Å². The van der Waals surface area contributed by atoms with E-state index in [0.717, 1.165) is 4.47 Å². The molecular weight excluding hydrogens is 464 g/mol. The van der Waals surface area contributed by atoms with Crippen LogP contribution < -0.4 is 19.5 Å². The predicted molar refractivity (Wildman–Crippen MR) is 108 cm³/mol. The van der Waals surface area contributed by atoms with E-state index >= 15 is 0 Å². The van der Waals surface area contributed by atoms with Gasteiger partial charge in [-0.15, -0.1) is 0 Å². The molecule has 0 saturated carbocycles. The Labute approximate surface area is 179 Å². The summed E-state index contributed by atoms with van der Waals surface area (Å²) >= 11 is 3.37. The minimum absolute atomic E-state index is 0.0799. The maximum absolute atomic E-state index is 12.4. The molecule has 1 amide bonds. The van der Waals surface area contributed by atoms with Crippen molar-refractivity contribution in [3.63, 3.8) is 0 Å². The quantitative estimate of drug-likeness (QED) is 0.457. The molecule has 3 aromatic rings. The zero-order valence-corrected chi connectivity index (χ0v) is 17.4. The first-order valence-corrected chi connectivity index (χ1v) is 9.61. The SMILES string of the molecule is COc1cc(CNC(=O)c2ccc(COc3cccc(Br)c3)o2)ccc1OC(F)F. The van der Waals surface area contributed by atoms with E-state index in [4.69, 9.17) is 13.9 Å². The average Bonchev–Trinajstić information content (AvgIpc) is 3.20. The van der Waals surface area contributed by atoms with E-state index in [-0.39, 0.29) is 30.4 Å². The minimum atomic E-state index is -2.95. The lowest BCUT2D eigenvalue weighted by Crippen LogP contribution is -2.22. The average molecular weight is 482 g/mol. The fraction of sp³-hybridized carbons (Fsp3) is 0.190. The number of ether oxygens (including phenoxy) is 3. The topological polar surface area (TPSA) is 69.9 Å². The lowest BCUT2D eigenvalue weighted by molar-refractivity contribution is -0.0512. The number of carbonyl (C=O) groups excluding carboxylic acids is 1. The lowest BCUT2D eigenvalue weighted by Gasteiger charge is -2.11. The molecule has 0 bridgehead atoms. The van der Waals surface area contributed by atoms with Crippen molar-refractivity contribution in [2.24, 2.45) is 0 Å². The van der Waals surface area contributed by atoms with Gasteiger partial charge >= 0.3 is 6.61 Å². The lowest BCUT2D eigenvalue weighted by atomic mass is 10.2. The zero-order valence-electron chi connectivity index (χ0n) is 15.9. The van der Waals surface area contributed by atoms with E-state index in [9.17, 15) is 13.6 Å². The second kappa shape index (κ2) is 10.1. The summed E-state index contributed by atoms with van der Waals surface area (Å²) < 4.78 is 46.2. The number of rotatable bonds is 9. The van der Waals surface area contributed by atoms with E-state index in [1.165, 1.54) is 19.2 Å². The number of nitrogens with one attached hydrogen (secondary N) is 1. The summed E-state index contributed by atoms with van der Waals surface area (Å²) in [4.78, 5) is 12.3. The molecule has 0 aliphatic heterocycles. The molecule has 0 saturated heterocycles. The smallest absolute Gasteiger partial charge is 0.387 e. The van der Waals surface area contributed by atoms with Crippen molar-refractivity contribution in [1.82, 2.24) is 5.32 Å². The van der Waals surface area contributed by atoms with Crippen LogP contribution in [0.5, 0.6) is 17.2 Å². The molecule has 1 heterocycles. The highest BCUT2D eigenvalue weighted by molar-refractivity contribution is 9.10. The summed E-state index contributed by atoms with van der Waals surface area (Å²) in [5.74, 6) is 0.939. The molecule has 0 atom stereocenters. The summed E-state index contributed by atoms with van der Waals surface area (Å²) in [6, 6.07) is 15.0. The molecule has 0 unspecified atom stereocenters. The molecule has 2 aromatic carbocycles. The number of methoxy groups -OCH3 is 1. The first kappa shape index (κ1) is 21.6. The maximum atomic E-state index is 12.4. The molecule has 0 aliphatic carbocycles. The van der Waals surface area contributed by atoms with E-state index in [2.05, 4.69) is 26.0 Å².